The van der Waals surface area contributed by atoms with E-state index < -0.39 is 71.5 Å². The van der Waals surface area contributed by atoms with Gasteiger partial charge in [-0.05, 0) is 77.6 Å². The first-order valence-electron chi connectivity index (χ1n) is 21.6. The van der Waals surface area contributed by atoms with Gasteiger partial charge in [-0.15, -0.1) is 0 Å². The molecule has 0 radical (unpaired) electrons. The molecule has 0 aromatic carbocycles. The first kappa shape index (κ1) is 43.7. The number of carbonyl (C=O) groups excluding carboxylic acids is 2. The lowest BCUT2D eigenvalue weighted by Gasteiger charge is -2.49. The molecule has 6 rings (SSSR count). The zero-order valence-electron chi connectivity index (χ0n) is 35.2. The monoisotopic (exact) mass is 794 g/mol. The van der Waals surface area contributed by atoms with Gasteiger partial charge in [-0.1, -0.05) is 54.4 Å². The van der Waals surface area contributed by atoms with Crippen molar-refractivity contribution in [1.82, 2.24) is 0 Å². The van der Waals surface area contributed by atoms with Gasteiger partial charge in [-0.25, -0.2) is 0 Å². The SMILES string of the molecule is CCC(=O)O[C@H]([C@H](C)[C@H]1O[C@@]2(CC[C@@](C)([C@H]3CC[C@@](C)(C4O[C@@H]([C@H]5O[C@@](O)(CO)[C@H](C)C[C@@H]5C)C[C@@H]4C)O3)O2)C[C@H](OC(=O)C2CCCC2)[C@H]1C)[C@@H](C)C(=O)O. The molecule has 0 aromatic heterocycles. The van der Waals surface area contributed by atoms with E-state index in [0.717, 1.165) is 51.4 Å². The number of aliphatic carboxylic acids is 1. The van der Waals surface area contributed by atoms with E-state index in [9.17, 15) is 29.7 Å². The van der Waals surface area contributed by atoms with Crippen LogP contribution in [0.15, 0.2) is 0 Å². The number of aliphatic hydroxyl groups is 2. The standard InChI is InChI=1S/C43H70O13/c1-10-33(45)52-35(28(7)38(46)47)27(6)36-26(5)31(51-39(48)29-13-11-12-14-29)21-42(54-36)18-17-40(8,56-42)32-15-16-41(9,53-32)37-24(3)20-30(50-37)34-23(2)19-25(4)43(49,22-44)55-34/h23-32,34-37,44,49H,10-22H2,1-9H3,(H,46,47)/t23-,24-,25+,26+,27-,28+,30+,31-,32+,34-,35+,36-,37?,40-,41-,42+,43-/m0/s1. The zero-order chi connectivity index (χ0) is 41.0. The molecule has 56 heavy (non-hydrogen) atoms. The van der Waals surface area contributed by atoms with E-state index in [0.29, 0.717) is 19.3 Å². The van der Waals surface area contributed by atoms with Crippen molar-refractivity contribution in [2.24, 2.45) is 41.4 Å². The van der Waals surface area contributed by atoms with Crippen LogP contribution in [0, 0.1) is 41.4 Å². The number of carboxylic acid groups (broad SMARTS) is 1. The summed E-state index contributed by atoms with van der Waals surface area (Å²) in [7, 11) is 0. The van der Waals surface area contributed by atoms with Crippen LogP contribution in [-0.2, 0) is 47.5 Å². The normalized spacial score (nSPS) is 46.1. The average molecular weight is 795 g/mol. The summed E-state index contributed by atoms with van der Waals surface area (Å²) in [5.41, 5.74) is -1.36. The minimum absolute atomic E-state index is 0.106. The van der Waals surface area contributed by atoms with E-state index in [-0.39, 0.29) is 66.4 Å². The van der Waals surface area contributed by atoms with Crippen LogP contribution in [0.25, 0.3) is 0 Å². The third-order valence-corrected chi connectivity index (χ3v) is 14.8. The van der Waals surface area contributed by atoms with Gasteiger partial charge < -0.3 is 48.5 Å². The maximum atomic E-state index is 13.5. The number of rotatable bonds is 12. The van der Waals surface area contributed by atoms with Gasteiger partial charge in [-0.3, -0.25) is 14.4 Å². The lowest BCUT2D eigenvalue weighted by molar-refractivity contribution is -0.336. The molecule has 6 fully saturated rings. The second kappa shape index (κ2) is 16.6. The van der Waals surface area contributed by atoms with Gasteiger partial charge in [-0.2, -0.15) is 0 Å². The molecule has 13 nitrogen and oxygen atoms in total. The third-order valence-electron chi connectivity index (χ3n) is 14.8. The predicted molar refractivity (Wildman–Crippen MR) is 203 cm³/mol. The molecule has 0 aromatic rings. The van der Waals surface area contributed by atoms with Gasteiger partial charge in [0.2, 0.25) is 0 Å². The van der Waals surface area contributed by atoms with Crippen LogP contribution >= 0.6 is 0 Å². The van der Waals surface area contributed by atoms with Gasteiger partial charge in [0.15, 0.2) is 11.6 Å². The maximum Gasteiger partial charge on any atom is 0.309 e. The molecule has 1 spiro atoms. The van der Waals surface area contributed by atoms with Crippen molar-refractivity contribution < 1.29 is 62.9 Å². The molecule has 3 N–H and O–H groups in total. The molecular weight excluding hydrogens is 724 g/mol. The quantitative estimate of drug-likeness (QED) is 0.198. The van der Waals surface area contributed by atoms with Gasteiger partial charge in [0.25, 0.3) is 0 Å². The Hall–Kier alpha value is -1.87. The number of carboxylic acids is 1. The molecule has 5 heterocycles. The van der Waals surface area contributed by atoms with Crippen molar-refractivity contribution in [1.29, 1.82) is 0 Å². The molecule has 13 heteroatoms. The first-order chi connectivity index (χ1) is 26.3. The minimum atomic E-state index is -1.59. The van der Waals surface area contributed by atoms with Gasteiger partial charge in [0.1, 0.15) is 12.2 Å². The highest BCUT2D eigenvalue weighted by Gasteiger charge is 2.62. The highest BCUT2D eigenvalue weighted by molar-refractivity contribution is 5.73. The van der Waals surface area contributed by atoms with E-state index in [4.69, 9.17) is 33.2 Å². The smallest absolute Gasteiger partial charge is 0.309 e. The van der Waals surface area contributed by atoms with Crippen LogP contribution in [0.4, 0.5) is 0 Å². The fraction of sp³-hybridized carbons (Fsp3) is 0.930. The number of hydrogen-bond acceptors (Lipinski definition) is 12. The van der Waals surface area contributed by atoms with Crippen LogP contribution in [0.1, 0.15) is 139 Å². The average Bonchev–Trinajstić information content (AvgIpc) is 3.97. The lowest BCUT2D eigenvalue weighted by Crippen LogP contribution is -2.58. The minimum Gasteiger partial charge on any atom is -0.481 e. The Morgan fingerprint density at radius 2 is 1.59 bits per heavy atom. The Morgan fingerprint density at radius 3 is 2.23 bits per heavy atom. The summed E-state index contributed by atoms with van der Waals surface area (Å²) < 4.78 is 46.2. The Kier molecular flexibility index (Phi) is 13.0. The maximum absolute atomic E-state index is 13.5. The predicted octanol–water partition coefficient (Wildman–Crippen LogP) is 5.93. The summed E-state index contributed by atoms with van der Waals surface area (Å²) in [5, 5.41) is 31.0. The third kappa shape index (κ3) is 8.43. The summed E-state index contributed by atoms with van der Waals surface area (Å²) in [5.74, 6) is -6.41. The molecular formula is C43H70O13. The van der Waals surface area contributed by atoms with E-state index >= 15 is 0 Å². The highest BCUT2D eigenvalue weighted by Crippen LogP contribution is 2.54. The van der Waals surface area contributed by atoms with Crippen LogP contribution in [0.5, 0.6) is 0 Å². The lowest BCUT2D eigenvalue weighted by atomic mass is 9.78. The molecule has 5 aliphatic heterocycles. The molecule has 1 unspecified atom stereocenters. The molecule has 1 aliphatic carbocycles. The Bertz CT molecular complexity index is 1420. The van der Waals surface area contributed by atoms with Crippen LogP contribution in [0.2, 0.25) is 0 Å². The van der Waals surface area contributed by atoms with Crippen LogP contribution in [0.3, 0.4) is 0 Å². The summed E-state index contributed by atoms with van der Waals surface area (Å²) in [6, 6.07) is 0. The van der Waals surface area contributed by atoms with Crippen LogP contribution in [-0.4, -0.2) is 105 Å². The van der Waals surface area contributed by atoms with Crippen molar-refractivity contribution in [3.8, 4) is 0 Å². The first-order valence-corrected chi connectivity index (χ1v) is 21.6. The van der Waals surface area contributed by atoms with Crippen molar-refractivity contribution in [2.45, 2.75) is 205 Å². The van der Waals surface area contributed by atoms with Crippen LogP contribution < -0.4 is 0 Å². The molecule has 0 amide bonds. The van der Waals surface area contributed by atoms with Crippen molar-refractivity contribution >= 4 is 17.9 Å². The van der Waals surface area contributed by atoms with E-state index in [2.05, 4.69) is 27.7 Å². The Labute approximate surface area is 333 Å². The van der Waals surface area contributed by atoms with Gasteiger partial charge >= 0.3 is 17.9 Å². The topological polar surface area (TPSA) is 177 Å². The van der Waals surface area contributed by atoms with Crippen molar-refractivity contribution in [3.63, 3.8) is 0 Å². The summed E-state index contributed by atoms with van der Waals surface area (Å²) in [6.07, 6.45) is 4.87. The van der Waals surface area contributed by atoms with Gasteiger partial charge in [0, 0.05) is 37.0 Å². The molecule has 17 atom stereocenters. The second-order valence-electron chi connectivity index (χ2n) is 19.2. The van der Waals surface area contributed by atoms with Crippen molar-refractivity contribution in [3.05, 3.63) is 0 Å². The number of carbonyl (C=O) groups is 3. The van der Waals surface area contributed by atoms with E-state index in [1.807, 2.05) is 20.8 Å². The summed E-state index contributed by atoms with van der Waals surface area (Å²) >= 11 is 0. The number of aliphatic hydroxyl groups excluding tert-OH is 1. The fourth-order valence-corrected chi connectivity index (χ4v) is 11.2. The van der Waals surface area contributed by atoms with E-state index in [1.54, 1.807) is 13.8 Å². The van der Waals surface area contributed by atoms with E-state index in [1.165, 1.54) is 0 Å². The Balaban J connectivity index is 1.20. The second-order valence-corrected chi connectivity index (χ2v) is 19.2. The molecule has 320 valence electrons. The fourth-order valence-electron chi connectivity index (χ4n) is 11.2. The van der Waals surface area contributed by atoms with Gasteiger partial charge in [0.05, 0.1) is 60.2 Å². The molecule has 5 saturated heterocycles. The Morgan fingerprint density at radius 1 is 0.893 bits per heavy atom. The largest absolute Gasteiger partial charge is 0.481 e. The highest BCUT2D eigenvalue weighted by atomic mass is 16.7. The van der Waals surface area contributed by atoms with Crippen molar-refractivity contribution in [2.75, 3.05) is 6.61 Å². The zero-order valence-corrected chi connectivity index (χ0v) is 35.2. The molecule has 6 aliphatic rings. The summed E-state index contributed by atoms with van der Waals surface area (Å²) in [6.45, 7) is 16.9. The summed E-state index contributed by atoms with van der Waals surface area (Å²) in [4.78, 5) is 38.4. The molecule has 1 saturated carbocycles. The number of esters is 2. The number of hydrogen-bond donors (Lipinski definition) is 3. The number of ether oxygens (including phenoxy) is 7. The molecule has 0 bridgehead atoms.